The fraction of sp³-hybridized carbons (Fsp3) is 0.111. The van der Waals surface area contributed by atoms with Gasteiger partial charge in [0.05, 0.1) is 20.4 Å². The van der Waals surface area contributed by atoms with Gasteiger partial charge in [-0.25, -0.2) is 0 Å². The first-order valence-electron chi connectivity index (χ1n) is 7.34. The molecule has 0 aliphatic carbocycles. The molecule has 0 heterocycles. The number of benzene rings is 2. The van der Waals surface area contributed by atoms with Crippen molar-refractivity contribution in [2.24, 2.45) is 10.8 Å². The molecule has 2 aromatic carbocycles. The minimum atomic E-state index is 0.0544. The van der Waals surface area contributed by atoms with E-state index >= 15 is 0 Å². The highest BCUT2D eigenvalue weighted by Crippen LogP contribution is 2.24. The number of ether oxygens (including phenoxy) is 2. The summed E-state index contributed by atoms with van der Waals surface area (Å²) in [5.41, 5.74) is 10.1. The quantitative estimate of drug-likeness (QED) is 0.319. The number of methoxy groups -OCH3 is 2. The Kier molecular flexibility index (Phi) is 6.36. The van der Waals surface area contributed by atoms with Crippen LogP contribution in [0.3, 0.4) is 0 Å². The molecule has 0 aliphatic rings. The molecule has 0 atom stereocenters. The number of nitrogens with one attached hydrogen (secondary N) is 1. The van der Waals surface area contributed by atoms with Crippen LogP contribution >= 0.6 is 12.2 Å². The van der Waals surface area contributed by atoms with Gasteiger partial charge in [-0.15, -0.1) is 0 Å². The van der Waals surface area contributed by atoms with Crippen molar-refractivity contribution in [3.05, 3.63) is 53.1 Å². The number of aromatic hydroxyl groups is 1. The third kappa shape index (κ3) is 5.50. The van der Waals surface area contributed by atoms with Crippen molar-refractivity contribution in [2.45, 2.75) is 0 Å². The van der Waals surface area contributed by atoms with E-state index in [1.807, 2.05) is 24.3 Å². The molecule has 7 heteroatoms. The lowest BCUT2D eigenvalue weighted by Gasteiger charge is -2.06. The Hall–Kier alpha value is -3.06. The van der Waals surface area contributed by atoms with Gasteiger partial charge in [0.25, 0.3) is 0 Å². The molecule has 6 nitrogen and oxygen atoms in total. The largest absolute Gasteiger partial charge is 0.507 e. The average molecular weight is 357 g/mol. The molecule has 0 aliphatic heterocycles. The Balaban J connectivity index is 2.23. The Morgan fingerprint density at radius 3 is 2.32 bits per heavy atom. The van der Waals surface area contributed by atoms with E-state index in [0.717, 1.165) is 11.1 Å². The molecule has 0 aromatic heterocycles. The van der Waals surface area contributed by atoms with Crippen LogP contribution in [0, 0.1) is 0 Å². The van der Waals surface area contributed by atoms with Crippen molar-refractivity contribution < 1.29 is 14.6 Å². The van der Waals surface area contributed by atoms with Crippen molar-refractivity contribution in [1.82, 2.24) is 5.43 Å². The standard InChI is InChI=1S/C18H19N3O3S/c1-23-15-8-13(9-16(10-15)24-2)4-3-12-5-6-17(22)14(7-12)11-20-21-18(19)25/h3-11,22H,1-2H3,(H3,19,21,25)/b4-3+,20-11+. The fourth-order valence-electron chi connectivity index (χ4n) is 2.06. The van der Waals surface area contributed by atoms with Gasteiger partial charge in [-0.2, -0.15) is 5.10 Å². The van der Waals surface area contributed by atoms with E-state index in [1.54, 1.807) is 38.5 Å². The van der Waals surface area contributed by atoms with E-state index in [1.165, 1.54) is 6.21 Å². The van der Waals surface area contributed by atoms with Gasteiger partial charge in [0.15, 0.2) is 5.11 Å². The summed E-state index contributed by atoms with van der Waals surface area (Å²) in [6.45, 7) is 0. The Morgan fingerprint density at radius 1 is 1.08 bits per heavy atom. The van der Waals surface area contributed by atoms with Gasteiger partial charge < -0.3 is 20.3 Å². The maximum absolute atomic E-state index is 9.88. The van der Waals surface area contributed by atoms with Crippen molar-refractivity contribution in [2.75, 3.05) is 14.2 Å². The maximum Gasteiger partial charge on any atom is 0.184 e. The minimum Gasteiger partial charge on any atom is -0.507 e. The van der Waals surface area contributed by atoms with Gasteiger partial charge in [-0.1, -0.05) is 18.2 Å². The van der Waals surface area contributed by atoms with E-state index in [0.29, 0.717) is 17.1 Å². The maximum atomic E-state index is 9.88. The highest BCUT2D eigenvalue weighted by molar-refractivity contribution is 7.80. The van der Waals surface area contributed by atoms with E-state index in [4.69, 9.17) is 15.2 Å². The molecular formula is C18H19N3O3S. The van der Waals surface area contributed by atoms with Crippen LogP contribution in [0.1, 0.15) is 16.7 Å². The summed E-state index contributed by atoms with van der Waals surface area (Å²) in [5.74, 6) is 1.52. The topological polar surface area (TPSA) is 89.1 Å². The molecule has 4 N–H and O–H groups in total. The smallest absolute Gasteiger partial charge is 0.184 e. The monoisotopic (exact) mass is 357 g/mol. The van der Waals surface area contributed by atoms with E-state index in [9.17, 15) is 5.11 Å². The summed E-state index contributed by atoms with van der Waals surface area (Å²) >= 11 is 4.66. The molecule has 0 unspecified atom stereocenters. The first-order chi connectivity index (χ1) is 12.0. The first-order valence-corrected chi connectivity index (χ1v) is 7.75. The van der Waals surface area contributed by atoms with Crippen LogP contribution in [-0.2, 0) is 0 Å². The van der Waals surface area contributed by atoms with Crippen LogP contribution in [0.2, 0.25) is 0 Å². The molecule has 25 heavy (non-hydrogen) atoms. The summed E-state index contributed by atoms with van der Waals surface area (Å²) in [5, 5.41) is 13.8. The third-order valence-electron chi connectivity index (χ3n) is 3.27. The number of nitrogens with zero attached hydrogens (tertiary/aromatic N) is 1. The average Bonchev–Trinajstić information content (AvgIpc) is 2.61. The normalized spacial score (nSPS) is 11.0. The Bertz CT molecular complexity index is 797. The minimum absolute atomic E-state index is 0.0544. The summed E-state index contributed by atoms with van der Waals surface area (Å²) in [6.07, 6.45) is 5.28. The molecule has 0 saturated carbocycles. The number of hydrogen-bond donors (Lipinski definition) is 3. The highest BCUT2D eigenvalue weighted by atomic mass is 32.1. The van der Waals surface area contributed by atoms with E-state index in [2.05, 4.69) is 22.7 Å². The number of phenolic OH excluding ortho intramolecular Hbond substituents is 1. The molecule has 0 bridgehead atoms. The number of rotatable bonds is 6. The van der Waals surface area contributed by atoms with Crippen molar-refractivity contribution in [3.63, 3.8) is 0 Å². The Morgan fingerprint density at radius 2 is 1.72 bits per heavy atom. The summed E-state index contributed by atoms with van der Waals surface area (Å²) in [7, 11) is 3.21. The van der Waals surface area contributed by atoms with Gasteiger partial charge in [-0.05, 0) is 47.6 Å². The van der Waals surface area contributed by atoms with Crippen molar-refractivity contribution in [1.29, 1.82) is 0 Å². The molecule has 0 fully saturated rings. The SMILES string of the molecule is COc1cc(/C=C/c2ccc(O)c(/C=N/NC(N)=S)c2)cc(OC)c1. The van der Waals surface area contributed by atoms with Crippen LogP contribution in [0.25, 0.3) is 12.2 Å². The molecule has 2 aromatic rings. The van der Waals surface area contributed by atoms with Crippen molar-refractivity contribution >= 4 is 35.7 Å². The number of phenols is 1. The molecule has 2 rings (SSSR count). The summed E-state index contributed by atoms with van der Waals surface area (Å²) in [4.78, 5) is 0. The lowest BCUT2D eigenvalue weighted by molar-refractivity contribution is 0.394. The molecule has 0 spiro atoms. The van der Waals surface area contributed by atoms with Crippen LogP contribution in [0.5, 0.6) is 17.2 Å². The second-order valence-electron chi connectivity index (χ2n) is 5.03. The lowest BCUT2D eigenvalue weighted by Crippen LogP contribution is -2.23. The van der Waals surface area contributed by atoms with Gasteiger partial charge in [0.1, 0.15) is 17.2 Å². The van der Waals surface area contributed by atoms with E-state index < -0.39 is 0 Å². The molecule has 130 valence electrons. The zero-order chi connectivity index (χ0) is 18.2. The molecule has 0 amide bonds. The zero-order valence-corrected chi connectivity index (χ0v) is 14.7. The zero-order valence-electron chi connectivity index (χ0n) is 13.9. The highest BCUT2D eigenvalue weighted by Gasteiger charge is 2.01. The van der Waals surface area contributed by atoms with Gasteiger partial charge in [-0.3, -0.25) is 5.43 Å². The van der Waals surface area contributed by atoms with Crippen LogP contribution in [0.4, 0.5) is 0 Å². The van der Waals surface area contributed by atoms with Gasteiger partial charge in [0.2, 0.25) is 0 Å². The van der Waals surface area contributed by atoms with Crippen LogP contribution in [-0.4, -0.2) is 30.7 Å². The lowest BCUT2D eigenvalue weighted by atomic mass is 10.1. The molecule has 0 saturated heterocycles. The van der Waals surface area contributed by atoms with Crippen LogP contribution in [0.15, 0.2) is 41.5 Å². The second-order valence-corrected chi connectivity index (χ2v) is 5.47. The number of hydrogen-bond acceptors (Lipinski definition) is 5. The van der Waals surface area contributed by atoms with Crippen LogP contribution < -0.4 is 20.6 Å². The Labute approximate surface area is 151 Å². The third-order valence-corrected chi connectivity index (χ3v) is 3.36. The number of thiocarbonyl (C=S) groups is 1. The van der Waals surface area contributed by atoms with E-state index in [-0.39, 0.29) is 10.9 Å². The number of nitrogens with two attached hydrogens (primary N) is 1. The predicted molar refractivity (Wildman–Crippen MR) is 104 cm³/mol. The molecular weight excluding hydrogens is 338 g/mol. The second kappa shape index (κ2) is 8.70. The predicted octanol–water partition coefficient (Wildman–Crippen LogP) is 2.75. The van der Waals surface area contributed by atoms with Gasteiger partial charge in [0, 0.05) is 11.6 Å². The van der Waals surface area contributed by atoms with Crippen molar-refractivity contribution in [3.8, 4) is 17.2 Å². The van der Waals surface area contributed by atoms with Gasteiger partial charge >= 0.3 is 0 Å². The molecule has 0 radical (unpaired) electrons. The fourth-order valence-corrected chi connectivity index (χ4v) is 2.12. The summed E-state index contributed by atoms with van der Waals surface area (Å²) in [6, 6.07) is 10.8. The number of hydrazone groups is 1. The first kappa shape index (κ1) is 18.3. The summed E-state index contributed by atoms with van der Waals surface area (Å²) < 4.78 is 10.5.